The molecule has 5 heteroatoms. The fourth-order valence-electron chi connectivity index (χ4n) is 4.00. The number of benzene rings is 1. The number of hydrogen-bond donors (Lipinski definition) is 2. The smallest absolute Gasteiger partial charge is 0.223 e. The predicted molar refractivity (Wildman–Crippen MR) is 92.3 cm³/mol. The van der Waals surface area contributed by atoms with Gasteiger partial charge in [-0.25, -0.2) is 4.39 Å². The zero-order valence-electron chi connectivity index (χ0n) is 14.3. The summed E-state index contributed by atoms with van der Waals surface area (Å²) in [6.07, 6.45) is 6.56. The van der Waals surface area contributed by atoms with E-state index in [1.165, 1.54) is 12.1 Å². The molecule has 2 amide bonds. The molecular formula is C20H25FN2O2. The first-order valence-corrected chi connectivity index (χ1v) is 9.46. The normalized spacial score (nSPS) is 31.2. The summed E-state index contributed by atoms with van der Waals surface area (Å²) in [5, 5.41) is 6.22. The largest absolute Gasteiger partial charge is 0.353 e. The molecule has 0 unspecified atom stereocenters. The first-order chi connectivity index (χ1) is 12.1. The molecule has 0 radical (unpaired) electrons. The highest BCUT2D eigenvalue weighted by molar-refractivity contribution is 5.83. The van der Waals surface area contributed by atoms with Crippen LogP contribution >= 0.6 is 0 Å². The Morgan fingerprint density at radius 1 is 0.960 bits per heavy atom. The lowest BCUT2D eigenvalue weighted by Gasteiger charge is -2.29. The summed E-state index contributed by atoms with van der Waals surface area (Å²) in [5.41, 5.74) is 0.908. The summed E-state index contributed by atoms with van der Waals surface area (Å²) in [4.78, 5) is 24.7. The van der Waals surface area contributed by atoms with Gasteiger partial charge >= 0.3 is 0 Å². The van der Waals surface area contributed by atoms with Crippen molar-refractivity contribution in [1.82, 2.24) is 10.6 Å². The van der Waals surface area contributed by atoms with E-state index in [0.29, 0.717) is 6.04 Å². The maximum atomic E-state index is 13.3. The Hall–Kier alpha value is -1.91. The van der Waals surface area contributed by atoms with Crippen molar-refractivity contribution in [2.45, 2.75) is 62.9 Å². The second kappa shape index (κ2) is 6.77. The molecule has 1 aromatic rings. The van der Waals surface area contributed by atoms with Crippen molar-refractivity contribution in [3.8, 4) is 0 Å². The lowest BCUT2D eigenvalue weighted by Crippen LogP contribution is -2.43. The van der Waals surface area contributed by atoms with Gasteiger partial charge in [0, 0.05) is 23.9 Å². The lowest BCUT2D eigenvalue weighted by atomic mass is 9.85. The highest BCUT2D eigenvalue weighted by Gasteiger charge is 2.44. The second-order valence-corrected chi connectivity index (χ2v) is 7.86. The summed E-state index contributed by atoms with van der Waals surface area (Å²) in [7, 11) is 0. The molecule has 3 aliphatic rings. The monoisotopic (exact) mass is 344 g/mol. The number of carbonyl (C=O) groups excluding carboxylic acids is 2. The van der Waals surface area contributed by atoms with Crippen molar-refractivity contribution < 1.29 is 14.0 Å². The SMILES string of the molecule is O=C(NC1CC1)[C@@H]1CCC[C@H](NC(=O)[C@H]2C[C@@H]2c2cccc(F)c2)C1. The number of carbonyl (C=O) groups is 2. The average molecular weight is 344 g/mol. The second-order valence-electron chi connectivity index (χ2n) is 7.86. The minimum absolute atomic E-state index is 0.0258. The molecule has 2 N–H and O–H groups in total. The molecule has 4 atom stereocenters. The molecule has 4 rings (SSSR count). The molecule has 134 valence electrons. The minimum atomic E-state index is -0.250. The van der Waals surface area contributed by atoms with Gasteiger partial charge in [0.15, 0.2) is 0 Å². The number of amides is 2. The van der Waals surface area contributed by atoms with Gasteiger partial charge < -0.3 is 10.6 Å². The van der Waals surface area contributed by atoms with Gasteiger partial charge in [-0.1, -0.05) is 18.6 Å². The Labute approximate surface area is 147 Å². The van der Waals surface area contributed by atoms with E-state index in [2.05, 4.69) is 10.6 Å². The van der Waals surface area contributed by atoms with Gasteiger partial charge in [-0.15, -0.1) is 0 Å². The topological polar surface area (TPSA) is 58.2 Å². The van der Waals surface area contributed by atoms with Crippen LogP contribution in [-0.2, 0) is 9.59 Å². The number of hydrogen-bond acceptors (Lipinski definition) is 2. The summed E-state index contributed by atoms with van der Waals surface area (Å²) >= 11 is 0. The van der Waals surface area contributed by atoms with Crippen molar-refractivity contribution in [3.63, 3.8) is 0 Å². The molecule has 3 saturated carbocycles. The molecule has 25 heavy (non-hydrogen) atoms. The van der Waals surface area contributed by atoms with E-state index in [1.807, 2.05) is 6.07 Å². The molecule has 0 heterocycles. The number of rotatable bonds is 5. The van der Waals surface area contributed by atoms with Crippen molar-refractivity contribution in [3.05, 3.63) is 35.6 Å². The fourth-order valence-corrected chi connectivity index (χ4v) is 4.00. The number of halogens is 1. The van der Waals surface area contributed by atoms with E-state index in [1.54, 1.807) is 6.07 Å². The first-order valence-electron chi connectivity index (χ1n) is 9.46. The van der Waals surface area contributed by atoms with Gasteiger partial charge in [0.2, 0.25) is 11.8 Å². The quantitative estimate of drug-likeness (QED) is 0.863. The molecule has 3 aliphatic carbocycles. The van der Waals surface area contributed by atoms with E-state index in [9.17, 15) is 14.0 Å². The zero-order chi connectivity index (χ0) is 17.4. The van der Waals surface area contributed by atoms with Crippen molar-refractivity contribution in [1.29, 1.82) is 0 Å². The van der Waals surface area contributed by atoms with Crippen LogP contribution in [0, 0.1) is 17.7 Å². The van der Waals surface area contributed by atoms with E-state index in [0.717, 1.165) is 50.5 Å². The highest BCUT2D eigenvalue weighted by Crippen LogP contribution is 2.47. The van der Waals surface area contributed by atoms with Crippen LogP contribution in [0.3, 0.4) is 0 Å². The Kier molecular flexibility index (Phi) is 4.48. The summed E-state index contributed by atoms with van der Waals surface area (Å²) in [6.45, 7) is 0. The molecule has 0 bridgehead atoms. The van der Waals surface area contributed by atoms with Crippen molar-refractivity contribution >= 4 is 11.8 Å². The van der Waals surface area contributed by atoms with Gasteiger partial charge in [-0.3, -0.25) is 9.59 Å². The zero-order valence-corrected chi connectivity index (χ0v) is 14.3. The van der Waals surface area contributed by atoms with Crippen molar-refractivity contribution in [2.75, 3.05) is 0 Å². The van der Waals surface area contributed by atoms with Crippen LogP contribution in [0.15, 0.2) is 24.3 Å². The van der Waals surface area contributed by atoms with Crippen LogP contribution in [0.1, 0.15) is 56.4 Å². The fraction of sp³-hybridized carbons (Fsp3) is 0.600. The maximum absolute atomic E-state index is 13.3. The van der Waals surface area contributed by atoms with Gasteiger partial charge in [-0.2, -0.15) is 0 Å². The van der Waals surface area contributed by atoms with E-state index >= 15 is 0 Å². The van der Waals surface area contributed by atoms with Gasteiger partial charge in [0.05, 0.1) is 0 Å². The van der Waals surface area contributed by atoms with Crippen LogP contribution in [0.4, 0.5) is 4.39 Å². The Balaban J connectivity index is 1.28. The standard InChI is InChI=1S/C20H25FN2O2/c21-14-5-1-3-12(9-14)17-11-18(17)20(25)23-16-6-2-4-13(10-16)19(24)22-15-7-8-15/h1,3,5,9,13,15-18H,2,4,6-8,10-11H2,(H,22,24)(H,23,25)/t13-,16+,17-,18+/m1/s1. The molecule has 0 aromatic heterocycles. The highest BCUT2D eigenvalue weighted by atomic mass is 19.1. The van der Waals surface area contributed by atoms with Crippen LogP contribution in [0.5, 0.6) is 0 Å². The molecule has 0 aliphatic heterocycles. The Bertz CT molecular complexity index is 673. The van der Waals surface area contributed by atoms with E-state index < -0.39 is 0 Å². The van der Waals surface area contributed by atoms with Crippen LogP contribution in [0.2, 0.25) is 0 Å². The molecule has 0 saturated heterocycles. The predicted octanol–water partition coefficient (Wildman–Crippen LogP) is 2.88. The lowest BCUT2D eigenvalue weighted by molar-refractivity contribution is -0.128. The first kappa shape index (κ1) is 16.6. The third-order valence-electron chi connectivity index (χ3n) is 5.72. The molecular weight excluding hydrogens is 319 g/mol. The van der Waals surface area contributed by atoms with Gasteiger partial charge in [0.25, 0.3) is 0 Å². The average Bonchev–Trinajstić information content (AvgIpc) is 3.49. The Morgan fingerprint density at radius 3 is 2.52 bits per heavy atom. The van der Waals surface area contributed by atoms with E-state index in [4.69, 9.17) is 0 Å². The van der Waals surface area contributed by atoms with Gasteiger partial charge in [-0.05, 0) is 62.1 Å². The van der Waals surface area contributed by atoms with Crippen LogP contribution in [-0.4, -0.2) is 23.9 Å². The van der Waals surface area contributed by atoms with Crippen LogP contribution < -0.4 is 10.6 Å². The van der Waals surface area contributed by atoms with Gasteiger partial charge in [0.1, 0.15) is 5.82 Å². The maximum Gasteiger partial charge on any atom is 0.223 e. The molecule has 3 fully saturated rings. The third kappa shape index (κ3) is 4.02. The molecule has 4 nitrogen and oxygen atoms in total. The van der Waals surface area contributed by atoms with Crippen LogP contribution in [0.25, 0.3) is 0 Å². The molecule has 1 aromatic carbocycles. The van der Waals surface area contributed by atoms with E-state index in [-0.39, 0.29) is 41.4 Å². The third-order valence-corrected chi connectivity index (χ3v) is 5.72. The Morgan fingerprint density at radius 2 is 1.76 bits per heavy atom. The number of nitrogens with one attached hydrogen (secondary N) is 2. The summed E-state index contributed by atoms with van der Waals surface area (Å²) < 4.78 is 13.3. The minimum Gasteiger partial charge on any atom is -0.353 e. The summed E-state index contributed by atoms with van der Waals surface area (Å²) in [6, 6.07) is 7.01. The molecule has 0 spiro atoms. The summed E-state index contributed by atoms with van der Waals surface area (Å²) in [5.74, 6) is 0.0713. The van der Waals surface area contributed by atoms with Crippen molar-refractivity contribution in [2.24, 2.45) is 11.8 Å².